The van der Waals surface area contributed by atoms with Crippen molar-refractivity contribution in [2.45, 2.75) is 19.3 Å². The summed E-state index contributed by atoms with van der Waals surface area (Å²) < 4.78 is 62.5. The van der Waals surface area contributed by atoms with Crippen LogP contribution in [-0.4, -0.2) is 12.9 Å². The summed E-state index contributed by atoms with van der Waals surface area (Å²) in [5.74, 6) is -2.30. The molecule has 2 aromatic carbocycles. The molecule has 23 heavy (non-hydrogen) atoms. The molecule has 2 aromatic rings. The van der Waals surface area contributed by atoms with Crippen molar-refractivity contribution in [2.24, 2.45) is 0 Å². The molecule has 120 valence electrons. The van der Waals surface area contributed by atoms with Crippen LogP contribution in [0.4, 0.5) is 17.6 Å². The molecule has 0 bridgehead atoms. The average Bonchev–Trinajstić information content (AvgIpc) is 2.54. The van der Waals surface area contributed by atoms with Gasteiger partial charge in [-0.3, -0.25) is 4.79 Å². The van der Waals surface area contributed by atoms with Crippen LogP contribution in [0.5, 0.6) is 5.75 Å². The Morgan fingerprint density at radius 1 is 1.00 bits per heavy atom. The molecule has 0 aliphatic heterocycles. The lowest BCUT2D eigenvalue weighted by Crippen LogP contribution is -2.16. The predicted octanol–water partition coefficient (Wildman–Crippen LogP) is 4.88. The summed E-state index contributed by atoms with van der Waals surface area (Å²) in [4.78, 5) is 10.8. The third-order valence-corrected chi connectivity index (χ3v) is 3.88. The van der Waals surface area contributed by atoms with Gasteiger partial charge in [-0.05, 0) is 30.2 Å². The highest BCUT2D eigenvalue weighted by molar-refractivity contribution is 5.82. The van der Waals surface area contributed by atoms with Crippen molar-refractivity contribution in [1.29, 1.82) is 0 Å². The minimum Gasteiger partial charge on any atom is -0.491 e. The van der Waals surface area contributed by atoms with Gasteiger partial charge in [0, 0.05) is 11.1 Å². The highest BCUT2D eigenvalue weighted by Gasteiger charge is 2.39. The van der Waals surface area contributed by atoms with Gasteiger partial charge in [0.1, 0.15) is 5.82 Å². The van der Waals surface area contributed by atoms with E-state index in [0.29, 0.717) is 0 Å². The third-order valence-electron chi connectivity index (χ3n) is 3.88. The molecule has 0 spiro atoms. The number of aldehydes is 1. The maximum atomic E-state index is 14.4. The Kier molecular flexibility index (Phi) is 3.83. The zero-order valence-corrected chi connectivity index (χ0v) is 12.1. The van der Waals surface area contributed by atoms with E-state index in [0.717, 1.165) is 6.07 Å². The number of fused-ring (bicyclic) bond motifs is 3. The van der Waals surface area contributed by atoms with E-state index < -0.39 is 35.1 Å². The van der Waals surface area contributed by atoms with E-state index in [4.69, 9.17) is 4.74 Å². The van der Waals surface area contributed by atoms with Gasteiger partial charge >= 0.3 is 0 Å². The molecule has 2 unspecified atom stereocenters. The number of halogens is 4. The monoisotopic (exact) mass is 324 g/mol. The minimum absolute atomic E-state index is 0.0337. The van der Waals surface area contributed by atoms with Crippen LogP contribution in [0.2, 0.25) is 0 Å². The SMILES string of the molecule is CCOc1ccc2c(c1F)C(F)C(F)c1c-2ccc(C=O)c1F. The van der Waals surface area contributed by atoms with Gasteiger partial charge in [0.2, 0.25) is 0 Å². The summed E-state index contributed by atoms with van der Waals surface area (Å²) in [6.07, 6.45) is -4.55. The van der Waals surface area contributed by atoms with Crippen LogP contribution in [0.15, 0.2) is 24.3 Å². The Labute approximate surface area is 129 Å². The van der Waals surface area contributed by atoms with Crippen molar-refractivity contribution in [1.82, 2.24) is 0 Å². The summed E-state index contributed by atoms with van der Waals surface area (Å²) in [6.45, 7) is 1.80. The molecule has 1 aliphatic carbocycles. The molecular formula is C17H12F4O2. The second-order valence-corrected chi connectivity index (χ2v) is 5.12. The lowest BCUT2D eigenvalue weighted by molar-refractivity contribution is 0.111. The molecule has 0 fully saturated rings. The topological polar surface area (TPSA) is 26.3 Å². The lowest BCUT2D eigenvalue weighted by Gasteiger charge is -2.28. The molecule has 0 N–H and O–H groups in total. The first-order valence-electron chi connectivity index (χ1n) is 7.02. The predicted molar refractivity (Wildman–Crippen MR) is 76.0 cm³/mol. The van der Waals surface area contributed by atoms with Gasteiger partial charge in [-0.25, -0.2) is 17.6 Å². The van der Waals surface area contributed by atoms with Gasteiger partial charge in [-0.2, -0.15) is 0 Å². The lowest BCUT2D eigenvalue weighted by atomic mass is 9.82. The molecule has 0 saturated heterocycles. The van der Waals surface area contributed by atoms with E-state index >= 15 is 0 Å². The first-order chi connectivity index (χ1) is 11.0. The second kappa shape index (κ2) is 5.68. The molecule has 2 nitrogen and oxygen atoms in total. The summed E-state index contributed by atoms with van der Waals surface area (Å²) in [6, 6.07) is 5.10. The van der Waals surface area contributed by atoms with Crippen LogP contribution in [-0.2, 0) is 0 Å². The van der Waals surface area contributed by atoms with Crippen molar-refractivity contribution >= 4 is 6.29 Å². The summed E-state index contributed by atoms with van der Waals surface area (Å²) in [7, 11) is 0. The summed E-state index contributed by atoms with van der Waals surface area (Å²) in [5, 5.41) is 0. The minimum atomic E-state index is -2.40. The Morgan fingerprint density at radius 2 is 1.57 bits per heavy atom. The highest BCUT2D eigenvalue weighted by Crippen LogP contribution is 2.51. The summed E-state index contributed by atoms with van der Waals surface area (Å²) >= 11 is 0. The van der Waals surface area contributed by atoms with Gasteiger partial charge in [-0.15, -0.1) is 0 Å². The van der Waals surface area contributed by atoms with Crippen LogP contribution in [0.3, 0.4) is 0 Å². The number of rotatable bonds is 3. The van der Waals surface area contributed by atoms with E-state index in [-0.39, 0.29) is 35.3 Å². The first-order valence-corrected chi connectivity index (χ1v) is 7.02. The fourth-order valence-electron chi connectivity index (χ4n) is 2.84. The van der Waals surface area contributed by atoms with Crippen LogP contribution in [0.1, 0.15) is 40.8 Å². The number of hydrogen-bond donors (Lipinski definition) is 0. The Morgan fingerprint density at radius 3 is 2.13 bits per heavy atom. The van der Waals surface area contributed by atoms with Crippen molar-refractivity contribution in [3.05, 3.63) is 52.6 Å². The standard InChI is InChI=1S/C17H12F4O2/c1-2-23-11-6-5-10-9-4-3-8(7-22)14(18)12(9)16(20)17(21)13(10)15(11)19/h3-7,16-17H,2H2,1H3. The largest absolute Gasteiger partial charge is 0.491 e. The molecule has 6 heteroatoms. The Balaban J connectivity index is 2.30. The number of carbonyl (C=O) groups is 1. The van der Waals surface area contributed by atoms with Crippen LogP contribution in [0, 0.1) is 11.6 Å². The zero-order chi connectivity index (χ0) is 16.7. The maximum absolute atomic E-state index is 14.4. The summed E-state index contributed by atoms with van der Waals surface area (Å²) in [5.41, 5.74) is -1.33. The quantitative estimate of drug-likeness (QED) is 0.594. The first kappa shape index (κ1) is 15.5. The molecular weight excluding hydrogens is 312 g/mol. The van der Waals surface area contributed by atoms with E-state index in [9.17, 15) is 22.4 Å². The Hall–Kier alpha value is -2.37. The zero-order valence-electron chi connectivity index (χ0n) is 12.1. The van der Waals surface area contributed by atoms with Crippen molar-refractivity contribution < 1.29 is 27.1 Å². The maximum Gasteiger partial charge on any atom is 0.171 e. The van der Waals surface area contributed by atoms with Gasteiger partial charge in [0.15, 0.2) is 30.2 Å². The van der Waals surface area contributed by atoms with Crippen molar-refractivity contribution in [3.63, 3.8) is 0 Å². The van der Waals surface area contributed by atoms with Gasteiger partial charge < -0.3 is 4.74 Å². The molecule has 0 amide bonds. The Bertz CT molecular complexity index is 789. The van der Waals surface area contributed by atoms with E-state index in [2.05, 4.69) is 0 Å². The molecule has 0 saturated carbocycles. The second-order valence-electron chi connectivity index (χ2n) is 5.12. The third kappa shape index (κ3) is 2.20. The highest BCUT2D eigenvalue weighted by atomic mass is 19.2. The number of hydrogen-bond acceptors (Lipinski definition) is 2. The molecule has 3 rings (SSSR count). The molecule has 0 radical (unpaired) electrons. The van der Waals surface area contributed by atoms with Gasteiger partial charge in [-0.1, -0.05) is 12.1 Å². The number of benzene rings is 2. The van der Waals surface area contributed by atoms with Crippen LogP contribution >= 0.6 is 0 Å². The fraction of sp³-hybridized carbons (Fsp3) is 0.235. The number of carbonyl (C=O) groups excluding carboxylic acids is 1. The van der Waals surface area contributed by atoms with E-state index in [1.807, 2.05) is 0 Å². The number of alkyl halides is 2. The van der Waals surface area contributed by atoms with Gasteiger partial charge in [0.05, 0.1) is 12.2 Å². The molecule has 2 atom stereocenters. The normalized spacial score (nSPS) is 19.0. The smallest absolute Gasteiger partial charge is 0.171 e. The van der Waals surface area contributed by atoms with E-state index in [1.165, 1.54) is 18.2 Å². The van der Waals surface area contributed by atoms with Crippen LogP contribution < -0.4 is 4.74 Å². The molecule has 0 heterocycles. The van der Waals surface area contributed by atoms with Crippen molar-refractivity contribution in [3.8, 4) is 16.9 Å². The van der Waals surface area contributed by atoms with Gasteiger partial charge in [0.25, 0.3) is 0 Å². The van der Waals surface area contributed by atoms with E-state index in [1.54, 1.807) is 6.92 Å². The fourth-order valence-corrected chi connectivity index (χ4v) is 2.84. The van der Waals surface area contributed by atoms with Crippen molar-refractivity contribution in [2.75, 3.05) is 6.61 Å². The van der Waals surface area contributed by atoms with Crippen LogP contribution in [0.25, 0.3) is 11.1 Å². The average molecular weight is 324 g/mol. The number of ether oxygens (including phenoxy) is 1. The molecule has 0 aromatic heterocycles. The molecule has 1 aliphatic rings.